The minimum atomic E-state index is -0.119. The number of hydrogen-bond donors (Lipinski definition) is 2. The summed E-state index contributed by atoms with van der Waals surface area (Å²) >= 11 is 0. The van der Waals surface area contributed by atoms with Crippen molar-refractivity contribution in [2.45, 2.75) is 19.4 Å². The van der Waals surface area contributed by atoms with Crippen LogP contribution in [0, 0.1) is 6.92 Å². The largest absolute Gasteiger partial charge is 0.456 e. The van der Waals surface area contributed by atoms with Crippen LogP contribution in [0.15, 0.2) is 16.5 Å². The summed E-state index contributed by atoms with van der Waals surface area (Å²) in [7, 11) is 0. The fourth-order valence-corrected chi connectivity index (χ4v) is 1.59. The number of carbonyl (C=O) groups is 1. The maximum atomic E-state index is 11.6. The molecule has 0 saturated carbocycles. The molecule has 0 bridgehead atoms. The summed E-state index contributed by atoms with van der Waals surface area (Å²) in [5.41, 5.74) is 0. The standard InChI is InChI=1S/C10H14N2O2/c1-7-2-3-9(14-7)10(13)12-8-4-5-11-6-8/h2-3,8,11H,4-6H2,1H3,(H,12,13). The molecule has 76 valence electrons. The van der Waals surface area contributed by atoms with E-state index >= 15 is 0 Å². The summed E-state index contributed by atoms with van der Waals surface area (Å²) in [4.78, 5) is 11.6. The van der Waals surface area contributed by atoms with Crippen molar-refractivity contribution in [3.05, 3.63) is 23.7 Å². The Morgan fingerprint density at radius 3 is 3.07 bits per heavy atom. The van der Waals surface area contributed by atoms with E-state index in [4.69, 9.17) is 4.42 Å². The number of hydrogen-bond acceptors (Lipinski definition) is 3. The highest BCUT2D eigenvalue weighted by Gasteiger charge is 2.18. The van der Waals surface area contributed by atoms with E-state index in [-0.39, 0.29) is 11.9 Å². The molecule has 4 heteroatoms. The SMILES string of the molecule is Cc1ccc(C(=O)NC2CCNC2)o1. The second-order valence-electron chi connectivity index (χ2n) is 3.57. The lowest BCUT2D eigenvalue weighted by molar-refractivity contribution is 0.0911. The topological polar surface area (TPSA) is 54.3 Å². The fourth-order valence-electron chi connectivity index (χ4n) is 1.59. The van der Waals surface area contributed by atoms with Crippen LogP contribution in [0.1, 0.15) is 22.7 Å². The van der Waals surface area contributed by atoms with Crippen molar-refractivity contribution in [1.29, 1.82) is 0 Å². The third-order valence-corrected chi connectivity index (χ3v) is 2.36. The molecule has 4 nitrogen and oxygen atoms in total. The van der Waals surface area contributed by atoms with Crippen LogP contribution >= 0.6 is 0 Å². The van der Waals surface area contributed by atoms with Crippen molar-refractivity contribution in [2.75, 3.05) is 13.1 Å². The van der Waals surface area contributed by atoms with E-state index in [1.54, 1.807) is 12.1 Å². The van der Waals surface area contributed by atoms with Crippen LogP contribution in [0.3, 0.4) is 0 Å². The molecule has 14 heavy (non-hydrogen) atoms. The predicted molar refractivity (Wildman–Crippen MR) is 52.2 cm³/mol. The van der Waals surface area contributed by atoms with Crippen molar-refractivity contribution >= 4 is 5.91 Å². The van der Waals surface area contributed by atoms with E-state index in [0.717, 1.165) is 25.3 Å². The van der Waals surface area contributed by atoms with E-state index in [0.29, 0.717) is 5.76 Å². The number of amides is 1. The van der Waals surface area contributed by atoms with Gasteiger partial charge in [-0.25, -0.2) is 0 Å². The zero-order valence-electron chi connectivity index (χ0n) is 8.17. The minimum absolute atomic E-state index is 0.119. The van der Waals surface area contributed by atoms with E-state index in [1.165, 1.54) is 0 Å². The minimum Gasteiger partial charge on any atom is -0.456 e. The molecule has 1 aliphatic rings. The molecule has 0 radical (unpaired) electrons. The van der Waals surface area contributed by atoms with Crippen molar-refractivity contribution in [2.24, 2.45) is 0 Å². The lowest BCUT2D eigenvalue weighted by Crippen LogP contribution is -2.35. The highest BCUT2D eigenvalue weighted by Crippen LogP contribution is 2.07. The Bertz CT molecular complexity index is 327. The van der Waals surface area contributed by atoms with Crippen molar-refractivity contribution < 1.29 is 9.21 Å². The molecule has 2 rings (SSSR count). The Labute approximate surface area is 82.7 Å². The van der Waals surface area contributed by atoms with Crippen LogP contribution in [-0.2, 0) is 0 Å². The van der Waals surface area contributed by atoms with E-state index in [9.17, 15) is 4.79 Å². The second kappa shape index (κ2) is 3.84. The first-order valence-electron chi connectivity index (χ1n) is 4.84. The van der Waals surface area contributed by atoms with Gasteiger partial charge in [0.15, 0.2) is 5.76 Å². The fraction of sp³-hybridized carbons (Fsp3) is 0.500. The van der Waals surface area contributed by atoms with Gasteiger partial charge in [-0.1, -0.05) is 0 Å². The zero-order chi connectivity index (χ0) is 9.97. The van der Waals surface area contributed by atoms with Gasteiger partial charge in [0.1, 0.15) is 5.76 Å². The summed E-state index contributed by atoms with van der Waals surface area (Å²) in [6.45, 7) is 3.65. The Morgan fingerprint density at radius 2 is 2.50 bits per heavy atom. The molecule has 0 spiro atoms. The van der Waals surface area contributed by atoms with Crippen LogP contribution < -0.4 is 10.6 Å². The molecule has 1 unspecified atom stereocenters. The summed E-state index contributed by atoms with van der Waals surface area (Å²) < 4.78 is 5.22. The van der Waals surface area contributed by atoms with Crippen molar-refractivity contribution in [3.63, 3.8) is 0 Å². The van der Waals surface area contributed by atoms with Gasteiger partial charge >= 0.3 is 0 Å². The lowest BCUT2D eigenvalue weighted by Gasteiger charge is -2.08. The van der Waals surface area contributed by atoms with Crippen LogP contribution in [0.5, 0.6) is 0 Å². The van der Waals surface area contributed by atoms with E-state index in [1.807, 2.05) is 6.92 Å². The van der Waals surface area contributed by atoms with Crippen LogP contribution in [0.4, 0.5) is 0 Å². The molecule has 1 amide bonds. The summed E-state index contributed by atoms with van der Waals surface area (Å²) in [5, 5.41) is 6.10. The number of rotatable bonds is 2. The average molecular weight is 194 g/mol. The molecule has 1 aromatic rings. The van der Waals surface area contributed by atoms with Gasteiger partial charge in [-0.3, -0.25) is 4.79 Å². The Hall–Kier alpha value is -1.29. The quantitative estimate of drug-likeness (QED) is 0.728. The van der Waals surface area contributed by atoms with Gasteiger partial charge in [0.2, 0.25) is 0 Å². The molecule has 1 saturated heterocycles. The highest BCUT2D eigenvalue weighted by atomic mass is 16.3. The number of aryl methyl sites for hydroxylation is 1. The molecule has 1 fully saturated rings. The van der Waals surface area contributed by atoms with Gasteiger partial charge in [0, 0.05) is 12.6 Å². The van der Waals surface area contributed by atoms with Crippen LogP contribution in [0.2, 0.25) is 0 Å². The summed E-state index contributed by atoms with van der Waals surface area (Å²) in [5.74, 6) is 1.04. The second-order valence-corrected chi connectivity index (χ2v) is 3.57. The maximum absolute atomic E-state index is 11.6. The van der Waals surface area contributed by atoms with Crippen LogP contribution in [-0.4, -0.2) is 25.0 Å². The number of nitrogens with one attached hydrogen (secondary N) is 2. The molecule has 0 aliphatic carbocycles. The Morgan fingerprint density at radius 1 is 1.64 bits per heavy atom. The Balaban J connectivity index is 1.95. The maximum Gasteiger partial charge on any atom is 0.287 e. The first kappa shape index (κ1) is 9.27. The first-order valence-corrected chi connectivity index (χ1v) is 4.84. The summed E-state index contributed by atoms with van der Waals surface area (Å²) in [6.07, 6.45) is 0.991. The number of carbonyl (C=O) groups excluding carboxylic acids is 1. The van der Waals surface area contributed by atoms with Gasteiger partial charge < -0.3 is 15.1 Å². The predicted octanol–water partition coefficient (Wildman–Crippen LogP) is 0.680. The van der Waals surface area contributed by atoms with E-state index in [2.05, 4.69) is 10.6 Å². The number of furan rings is 1. The third-order valence-electron chi connectivity index (χ3n) is 2.36. The summed E-state index contributed by atoms with van der Waals surface area (Å²) in [6, 6.07) is 3.74. The van der Waals surface area contributed by atoms with Gasteiger partial charge in [-0.15, -0.1) is 0 Å². The zero-order valence-corrected chi connectivity index (χ0v) is 8.17. The van der Waals surface area contributed by atoms with Gasteiger partial charge in [-0.2, -0.15) is 0 Å². The molecule has 1 aliphatic heterocycles. The monoisotopic (exact) mass is 194 g/mol. The van der Waals surface area contributed by atoms with Crippen molar-refractivity contribution in [1.82, 2.24) is 10.6 Å². The van der Waals surface area contributed by atoms with Gasteiger partial charge in [-0.05, 0) is 32.0 Å². The normalized spacial score (nSPS) is 21.1. The van der Waals surface area contributed by atoms with Gasteiger partial charge in [0.25, 0.3) is 5.91 Å². The van der Waals surface area contributed by atoms with E-state index < -0.39 is 0 Å². The highest BCUT2D eigenvalue weighted by molar-refractivity contribution is 5.91. The first-order chi connectivity index (χ1) is 6.75. The third kappa shape index (κ3) is 1.96. The molecule has 1 aromatic heterocycles. The molecule has 0 aromatic carbocycles. The van der Waals surface area contributed by atoms with Crippen LogP contribution in [0.25, 0.3) is 0 Å². The molecule has 1 atom stereocenters. The van der Waals surface area contributed by atoms with Gasteiger partial charge in [0.05, 0.1) is 0 Å². The lowest BCUT2D eigenvalue weighted by atomic mass is 10.2. The molecular weight excluding hydrogens is 180 g/mol. The average Bonchev–Trinajstić information content (AvgIpc) is 2.75. The molecule has 2 N–H and O–H groups in total. The molecular formula is C10H14N2O2. The van der Waals surface area contributed by atoms with Crippen molar-refractivity contribution in [3.8, 4) is 0 Å². The molecule has 2 heterocycles. The Kier molecular flexibility index (Phi) is 2.54. The smallest absolute Gasteiger partial charge is 0.287 e.